The molecule has 0 aromatic carbocycles. The van der Waals surface area contributed by atoms with Gasteiger partial charge in [0.25, 0.3) is 5.56 Å². The van der Waals surface area contributed by atoms with Crippen molar-refractivity contribution in [2.24, 2.45) is 5.92 Å². The van der Waals surface area contributed by atoms with Crippen LogP contribution in [0.3, 0.4) is 0 Å². The van der Waals surface area contributed by atoms with Crippen molar-refractivity contribution in [1.29, 1.82) is 0 Å². The van der Waals surface area contributed by atoms with Gasteiger partial charge in [0, 0.05) is 32.1 Å². The number of aromatic nitrogens is 3. The summed E-state index contributed by atoms with van der Waals surface area (Å²) in [5, 5.41) is 6.98. The number of hydrogen-bond acceptors (Lipinski definition) is 5. The van der Waals surface area contributed by atoms with Gasteiger partial charge in [0.1, 0.15) is 11.6 Å². The molecule has 7 heteroatoms. The molecule has 1 saturated carbocycles. The molecule has 1 aliphatic heterocycles. The van der Waals surface area contributed by atoms with Crippen LogP contribution in [0.1, 0.15) is 51.8 Å². The molecule has 154 valence electrons. The highest BCUT2D eigenvalue weighted by Gasteiger charge is 2.24. The minimum absolute atomic E-state index is 0.153. The lowest BCUT2D eigenvalue weighted by Gasteiger charge is -2.12. The van der Waals surface area contributed by atoms with Gasteiger partial charge in [-0.2, -0.15) is 0 Å². The molecule has 2 fully saturated rings. The van der Waals surface area contributed by atoms with Gasteiger partial charge < -0.3 is 10.6 Å². The largest absolute Gasteiger partial charge is 0.315 e. The quantitative estimate of drug-likeness (QED) is 0.823. The monoisotopic (exact) mass is 389 g/mol. The molecule has 1 saturated heterocycles. The van der Waals surface area contributed by atoms with Crippen LogP contribution in [0.25, 0.3) is 11.0 Å². The first kappa shape index (κ1) is 20.9. The van der Waals surface area contributed by atoms with E-state index in [0.29, 0.717) is 24.2 Å². The van der Waals surface area contributed by atoms with Crippen molar-refractivity contribution in [2.75, 3.05) is 19.6 Å². The van der Waals surface area contributed by atoms with Gasteiger partial charge in [0.15, 0.2) is 5.65 Å². The van der Waals surface area contributed by atoms with E-state index in [9.17, 15) is 9.18 Å². The number of halogens is 1. The zero-order chi connectivity index (χ0) is 19.9. The van der Waals surface area contributed by atoms with Crippen molar-refractivity contribution in [1.82, 2.24) is 25.2 Å². The smallest absolute Gasteiger partial charge is 0.263 e. The molecule has 4 rings (SSSR count). The summed E-state index contributed by atoms with van der Waals surface area (Å²) < 4.78 is 15.0. The Morgan fingerprint density at radius 2 is 2.07 bits per heavy atom. The van der Waals surface area contributed by atoms with E-state index >= 15 is 0 Å². The third kappa shape index (κ3) is 5.82. The first-order chi connectivity index (χ1) is 13.6. The predicted octanol–water partition coefficient (Wildman–Crippen LogP) is 2.64. The van der Waals surface area contributed by atoms with Crippen LogP contribution in [0.2, 0.25) is 0 Å². The van der Waals surface area contributed by atoms with Crippen LogP contribution in [0.5, 0.6) is 0 Å². The number of nitrogens with one attached hydrogen (secondary N) is 2. The summed E-state index contributed by atoms with van der Waals surface area (Å²) >= 11 is 0. The molecule has 0 bridgehead atoms. The molecule has 0 unspecified atom stereocenters. The van der Waals surface area contributed by atoms with Crippen LogP contribution in [0.15, 0.2) is 17.1 Å². The zero-order valence-electron chi connectivity index (χ0n) is 17.0. The number of fused-ring (bicyclic) bond motifs is 1. The number of pyridine rings is 1. The van der Waals surface area contributed by atoms with Gasteiger partial charge in [0.2, 0.25) is 0 Å². The van der Waals surface area contributed by atoms with Gasteiger partial charge in [-0.3, -0.25) is 9.36 Å². The Morgan fingerprint density at radius 1 is 1.25 bits per heavy atom. The van der Waals surface area contributed by atoms with E-state index in [-0.39, 0.29) is 10.9 Å². The van der Waals surface area contributed by atoms with Gasteiger partial charge in [-0.1, -0.05) is 13.3 Å². The maximum atomic E-state index is 13.3. The fraction of sp³-hybridized carbons (Fsp3) is 0.667. The average molecular weight is 390 g/mol. The molecular formula is C21H32FN5O. The van der Waals surface area contributed by atoms with Crippen molar-refractivity contribution < 1.29 is 4.39 Å². The average Bonchev–Trinajstić information content (AvgIpc) is 3.52. The van der Waals surface area contributed by atoms with E-state index in [1.807, 2.05) is 0 Å². The van der Waals surface area contributed by atoms with Crippen LogP contribution >= 0.6 is 0 Å². The van der Waals surface area contributed by atoms with Crippen LogP contribution in [0, 0.1) is 11.7 Å². The zero-order valence-corrected chi connectivity index (χ0v) is 17.0. The summed E-state index contributed by atoms with van der Waals surface area (Å²) in [6.45, 7) is 8.47. The molecule has 0 amide bonds. The minimum Gasteiger partial charge on any atom is -0.315 e. The highest BCUT2D eigenvalue weighted by atomic mass is 19.1. The van der Waals surface area contributed by atoms with Crippen molar-refractivity contribution in [3.05, 3.63) is 34.3 Å². The summed E-state index contributed by atoms with van der Waals surface area (Å²) in [5.74, 6) is 0.875. The molecule has 2 N–H and O–H groups in total. The molecule has 28 heavy (non-hydrogen) atoms. The predicted molar refractivity (Wildman–Crippen MR) is 110 cm³/mol. The Kier molecular flexibility index (Phi) is 7.50. The van der Waals surface area contributed by atoms with Gasteiger partial charge >= 0.3 is 0 Å². The van der Waals surface area contributed by atoms with Gasteiger partial charge in [-0.05, 0) is 51.1 Å². The molecule has 3 heterocycles. The highest BCUT2D eigenvalue weighted by molar-refractivity contribution is 5.73. The van der Waals surface area contributed by atoms with Crippen molar-refractivity contribution in [3.8, 4) is 0 Å². The first-order valence-electron chi connectivity index (χ1n) is 10.6. The molecule has 1 aliphatic carbocycles. The number of aryl methyl sites for hydroxylation is 1. The Hall–Kier alpha value is -1.86. The normalized spacial score (nSPS) is 19.8. The minimum atomic E-state index is -0.490. The maximum absolute atomic E-state index is 13.3. The molecule has 6 nitrogen and oxygen atoms in total. The topological polar surface area (TPSA) is 71.8 Å². The second-order valence-corrected chi connectivity index (χ2v) is 7.91. The summed E-state index contributed by atoms with van der Waals surface area (Å²) in [6.07, 6.45) is 7.52. The third-order valence-electron chi connectivity index (χ3n) is 5.30. The molecule has 0 spiro atoms. The number of unbranched alkanes of at least 4 members (excludes halogenated alkanes) is 1. The van der Waals surface area contributed by atoms with E-state index in [2.05, 4.69) is 34.4 Å². The van der Waals surface area contributed by atoms with Crippen molar-refractivity contribution in [3.63, 3.8) is 0 Å². The Morgan fingerprint density at radius 3 is 2.82 bits per heavy atom. The summed E-state index contributed by atoms with van der Waals surface area (Å²) in [4.78, 5) is 21.0. The van der Waals surface area contributed by atoms with Crippen LogP contribution < -0.4 is 16.2 Å². The molecule has 1 atom stereocenters. The fourth-order valence-corrected chi connectivity index (χ4v) is 3.35. The maximum Gasteiger partial charge on any atom is 0.263 e. The summed E-state index contributed by atoms with van der Waals surface area (Å²) in [6, 6.07) is 1.95. The second kappa shape index (κ2) is 10.1. The number of rotatable bonds is 5. The number of nitrogens with zero attached hydrogens (tertiary/aromatic N) is 3. The SMILES string of the molecule is CCCCc1nc2ncc(F)cc2c(=O)n1CC1CC1.C[C@@H]1CCNCCN1. The van der Waals surface area contributed by atoms with E-state index in [0.717, 1.165) is 44.4 Å². The standard InChI is InChI=1S/C15H18FN3O.C6H14N2/c1-2-3-4-13-18-14-12(7-11(16)8-17-14)15(20)19(13)9-10-5-6-10;1-6-2-3-7-4-5-8-6/h7-8,10H,2-6,9H2,1H3;6-8H,2-5H2,1H3/t;6-/m.1/s1. The lowest BCUT2D eigenvalue weighted by molar-refractivity contribution is 0.557. The Labute approximate surface area is 166 Å². The van der Waals surface area contributed by atoms with E-state index in [1.54, 1.807) is 4.57 Å². The Bertz CT molecular complexity index is 825. The summed E-state index contributed by atoms with van der Waals surface area (Å²) in [7, 11) is 0. The molecule has 0 radical (unpaired) electrons. The van der Waals surface area contributed by atoms with Crippen LogP contribution in [-0.2, 0) is 13.0 Å². The highest BCUT2D eigenvalue weighted by Crippen LogP contribution is 2.30. The lowest BCUT2D eigenvalue weighted by atomic mass is 10.2. The lowest BCUT2D eigenvalue weighted by Crippen LogP contribution is -2.26. The van der Waals surface area contributed by atoms with Gasteiger partial charge in [0.05, 0.1) is 11.6 Å². The van der Waals surface area contributed by atoms with E-state index < -0.39 is 5.82 Å². The van der Waals surface area contributed by atoms with E-state index in [1.165, 1.54) is 31.9 Å². The Balaban J connectivity index is 0.000000236. The third-order valence-corrected chi connectivity index (χ3v) is 5.30. The first-order valence-corrected chi connectivity index (χ1v) is 10.6. The second-order valence-electron chi connectivity index (χ2n) is 7.91. The van der Waals surface area contributed by atoms with Crippen molar-refractivity contribution >= 4 is 11.0 Å². The summed E-state index contributed by atoms with van der Waals surface area (Å²) in [5.41, 5.74) is 0.203. The van der Waals surface area contributed by atoms with Gasteiger partial charge in [-0.15, -0.1) is 0 Å². The molecular weight excluding hydrogens is 357 g/mol. The van der Waals surface area contributed by atoms with Crippen LogP contribution in [0.4, 0.5) is 4.39 Å². The number of hydrogen-bond donors (Lipinski definition) is 2. The fourth-order valence-electron chi connectivity index (χ4n) is 3.35. The molecule has 2 aliphatic rings. The van der Waals surface area contributed by atoms with Crippen LogP contribution in [-0.4, -0.2) is 40.2 Å². The van der Waals surface area contributed by atoms with Gasteiger partial charge in [-0.25, -0.2) is 14.4 Å². The van der Waals surface area contributed by atoms with E-state index in [4.69, 9.17) is 0 Å². The van der Waals surface area contributed by atoms with Crippen molar-refractivity contribution in [2.45, 2.75) is 65.0 Å². The molecule has 2 aromatic heterocycles. The molecule has 2 aromatic rings.